The van der Waals surface area contributed by atoms with Crippen LogP contribution in [0.25, 0.3) is 0 Å². The SMILES string of the molecule is C=C(C(Cc1cncc(C)c1)c1ccc(CC2CC2)cc1NC)C1(C)CC1. The van der Waals surface area contributed by atoms with Crippen LogP contribution in [0.4, 0.5) is 5.69 Å². The molecule has 0 saturated heterocycles. The summed E-state index contributed by atoms with van der Waals surface area (Å²) < 4.78 is 0. The Morgan fingerprint density at radius 3 is 2.63 bits per heavy atom. The van der Waals surface area contributed by atoms with Gasteiger partial charge in [-0.1, -0.05) is 37.3 Å². The molecule has 0 spiro atoms. The smallest absolute Gasteiger partial charge is 0.0379 e. The molecular weight excluding hydrogens is 328 g/mol. The Morgan fingerprint density at radius 2 is 2.00 bits per heavy atom. The molecule has 1 aromatic carbocycles. The Morgan fingerprint density at radius 1 is 1.22 bits per heavy atom. The van der Waals surface area contributed by atoms with Crippen molar-refractivity contribution in [3.8, 4) is 0 Å². The zero-order chi connectivity index (χ0) is 19.0. The highest BCUT2D eigenvalue weighted by molar-refractivity contribution is 5.57. The number of aryl methyl sites for hydroxylation is 1. The lowest BCUT2D eigenvalue weighted by Gasteiger charge is -2.27. The van der Waals surface area contributed by atoms with E-state index in [4.69, 9.17) is 0 Å². The molecule has 1 heterocycles. The Labute approximate surface area is 164 Å². The van der Waals surface area contributed by atoms with Gasteiger partial charge in [0.25, 0.3) is 0 Å². The van der Waals surface area contributed by atoms with Gasteiger partial charge in [0.15, 0.2) is 0 Å². The molecule has 27 heavy (non-hydrogen) atoms. The van der Waals surface area contributed by atoms with Crippen LogP contribution >= 0.6 is 0 Å². The minimum Gasteiger partial charge on any atom is -0.388 e. The molecule has 1 aromatic heterocycles. The summed E-state index contributed by atoms with van der Waals surface area (Å²) in [5.41, 5.74) is 8.33. The number of pyridine rings is 1. The molecule has 0 bridgehead atoms. The summed E-state index contributed by atoms with van der Waals surface area (Å²) >= 11 is 0. The van der Waals surface area contributed by atoms with E-state index in [1.807, 2.05) is 19.4 Å². The number of anilines is 1. The molecule has 2 aliphatic carbocycles. The summed E-state index contributed by atoms with van der Waals surface area (Å²) in [4.78, 5) is 4.42. The Balaban J connectivity index is 1.67. The van der Waals surface area contributed by atoms with E-state index in [1.54, 1.807) is 0 Å². The number of nitrogens with one attached hydrogen (secondary N) is 1. The van der Waals surface area contributed by atoms with Crippen molar-refractivity contribution in [1.82, 2.24) is 4.98 Å². The molecule has 2 nitrogen and oxygen atoms in total. The number of allylic oxidation sites excluding steroid dienone is 1. The van der Waals surface area contributed by atoms with Crippen molar-refractivity contribution in [3.05, 3.63) is 71.1 Å². The van der Waals surface area contributed by atoms with E-state index in [1.165, 1.54) is 65.6 Å². The van der Waals surface area contributed by atoms with Crippen molar-refractivity contribution in [2.24, 2.45) is 11.3 Å². The zero-order valence-electron chi connectivity index (χ0n) is 17.0. The standard InChI is InChI=1S/C25H32N2/c1-17-11-21(16-27-15-17)13-23(18(2)25(3)9-10-25)22-8-7-20(12-19-5-6-19)14-24(22)26-4/h7-8,11,14-16,19,23,26H,2,5-6,9-10,12-13H2,1,3-4H3. The number of aromatic nitrogens is 1. The van der Waals surface area contributed by atoms with Crippen molar-refractivity contribution in [2.75, 3.05) is 12.4 Å². The molecule has 2 aromatic rings. The highest BCUT2D eigenvalue weighted by Gasteiger charge is 2.43. The number of hydrogen-bond donors (Lipinski definition) is 1. The lowest BCUT2D eigenvalue weighted by atomic mass is 9.78. The van der Waals surface area contributed by atoms with E-state index in [2.05, 4.69) is 55.0 Å². The third-order valence-corrected chi connectivity index (χ3v) is 6.55. The quantitative estimate of drug-likeness (QED) is 0.578. The molecule has 0 radical (unpaired) electrons. The highest BCUT2D eigenvalue weighted by Crippen LogP contribution is 2.56. The van der Waals surface area contributed by atoms with Gasteiger partial charge in [0.1, 0.15) is 0 Å². The summed E-state index contributed by atoms with van der Waals surface area (Å²) in [6, 6.07) is 9.34. The minimum atomic E-state index is 0.305. The average Bonchev–Trinajstić information content (AvgIpc) is 3.58. The fourth-order valence-electron chi connectivity index (χ4n) is 4.22. The zero-order valence-corrected chi connectivity index (χ0v) is 17.0. The number of rotatable bonds is 8. The predicted molar refractivity (Wildman–Crippen MR) is 114 cm³/mol. The van der Waals surface area contributed by atoms with E-state index in [-0.39, 0.29) is 0 Å². The third kappa shape index (κ3) is 4.10. The molecule has 0 aliphatic heterocycles. The van der Waals surface area contributed by atoms with Crippen molar-refractivity contribution in [3.63, 3.8) is 0 Å². The molecule has 1 N–H and O–H groups in total. The van der Waals surface area contributed by atoms with Crippen LogP contribution in [-0.4, -0.2) is 12.0 Å². The molecule has 1 unspecified atom stereocenters. The Kier molecular flexibility index (Phi) is 4.84. The number of nitrogens with zero attached hydrogens (tertiary/aromatic N) is 1. The third-order valence-electron chi connectivity index (χ3n) is 6.55. The van der Waals surface area contributed by atoms with Gasteiger partial charge in [-0.25, -0.2) is 0 Å². The van der Waals surface area contributed by atoms with Crippen LogP contribution in [-0.2, 0) is 12.8 Å². The maximum absolute atomic E-state index is 4.59. The fraction of sp³-hybridized carbons (Fsp3) is 0.480. The molecule has 2 saturated carbocycles. The van der Waals surface area contributed by atoms with Gasteiger partial charge >= 0.3 is 0 Å². The van der Waals surface area contributed by atoms with Gasteiger partial charge in [0, 0.05) is 31.0 Å². The van der Waals surface area contributed by atoms with Gasteiger partial charge in [0.2, 0.25) is 0 Å². The predicted octanol–water partition coefficient (Wildman–Crippen LogP) is 6.07. The summed E-state index contributed by atoms with van der Waals surface area (Å²) in [6.07, 6.45) is 11.5. The highest BCUT2D eigenvalue weighted by atomic mass is 14.8. The van der Waals surface area contributed by atoms with Crippen molar-refractivity contribution in [1.29, 1.82) is 0 Å². The van der Waals surface area contributed by atoms with Gasteiger partial charge in [0.05, 0.1) is 0 Å². The first kappa shape index (κ1) is 18.3. The summed E-state index contributed by atoms with van der Waals surface area (Å²) in [7, 11) is 2.05. The summed E-state index contributed by atoms with van der Waals surface area (Å²) in [5, 5.41) is 3.48. The van der Waals surface area contributed by atoms with E-state index in [0.29, 0.717) is 11.3 Å². The topological polar surface area (TPSA) is 24.9 Å². The van der Waals surface area contributed by atoms with E-state index < -0.39 is 0 Å². The molecule has 0 amide bonds. The van der Waals surface area contributed by atoms with Crippen molar-refractivity contribution < 1.29 is 0 Å². The van der Waals surface area contributed by atoms with Crippen LogP contribution in [0, 0.1) is 18.3 Å². The summed E-state index contributed by atoms with van der Waals surface area (Å²) in [5.74, 6) is 1.24. The minimum absolute atomic E-state index is 0.305. The van der Waals surface area contributed by atoms with Gasteiger partial charge in [-0.2, -0.15) is 0 Å². The molecule has 142 valence electrons. The molecule has 2 aliphatic rings. The van der Waals surface area contributed by atoms with Crippen molar-refractivity contribution >= 4 is 5.69 Å². The average molecular weight is 361 g/mol. The van der Waals surface area contributed by atoms with Crippen LogP contribution in [0.5, 0.6) is 0 Å². The van der Waals surface area contributed by atoms with E-state index in [0.717, 1.165) is 12.3 Å². The van der Waals surface area contributed by atoms with Crippen LogP contribution in [0.3, 0.4) is 0 Å². The lowest BCUT2D eigenvalue weighted by Crippen LogP contribution is -2.14. The number of hydrogen-bond acceptors (Lipinski definition) is 2. The maximum atomic E-state index is 4.59. The first-order valence-electron chi connectivity index (χ1n) is 10.4. The van der Waals surface area contributed by atoms with Crippen molar-refractivity contribution in [2.45, 2.75) is 58.3 Å². The van der Waals surface area contributed by atoms with Crippen LogP contribution in [0.15, 0.2) is 48.8 Å². The molecule has 2 heteroatoms. The second-order valence-corrected chi connectivity index (χ2v) is 9.03. The Hall–Kier alpha value is -2.09. The van der Waals surface area contributed by atoms with Gasteiger partial charge in [-0.05, 0) is 85.1 Å². The lowest BCUT2D eigenvalue weighted by molar-refractivity contribution is 0.599. The van der Waals surface area contributed by atoms with Gasteiger partial charge in [-0.3, -0.25) is 4.98 Å². The first-order chi connectivity index (χ1) is 13.0. The number of benzene rings is 1. The monoisotopic (exact) mass is 360 g/mol. The van der Waals surface area contributed by atoms with Gasteiger partial charge < -0.3 is 5.32 Å². The largest absolute Gasteiger partial charge is 0.388 e. The molecule has 1 atom stereocenters. The van der Waals surface area contributed by atoms with Crippen LogP contribution in [0.2, 0.25) is 0 Å². The molecule has 2 fully saturated rings. The van der Waals surface area contributed by atoms with E-state index in [9.17, 15) is 0 Å². The van der Waals surface area contributed by atoms with Gasteiger partial charge in [-0.15, -0.1) is 0 Å². The van der Waals surface area contributed by atoms with Crippen LogP contribution in [0.1, 0.15) is 60.8 Å². The molecular formula is C25H32N2. The second kappa shape index (κ2) is 7.14. The fourth-order valence-corrected chi connectivity index (χ4v) is 4.22. The Bertz CT molecular complexity index is 843. The normalized spacial score (nSPS) is 18.8. The molecule has 4 rings (SSSR count). The first-order valence-corrected chi connectivity index (χ1v) is 10.4. The van der Waals surface area contributed by atoms with Crippen LogP contribution < -0.4 is 5.32 Å². The van der Waals surface area contributed by atoms with E-state index >= 15 is 0 Å². The maximum Gasteiger partial charge on any atom is 0.0379 e. The summed E-state index contributed by atoms with van der Waals surface area (Å²) in [6.45, 7) is 9.08. The second-order valence-electron chi connectivity index (χ2n) is 9.03.